The highest BCUT2D eigenvalue weighted by Crippen LogP contribution is 2.15. The third kappa shape index (κ3) is 4.29. The summed E-state index contributed by atoms with van der Waals surface area (Å²) in [5.41, 5.74) is 2.08. The van der Waals surface area contributed by atoms with E-state index in [2.05, 4.69) is 10.3 Å². The van der Waals surface area contributed by atoms with Gasteiger partial charge in [-0.25, -0.2) is 0 Å². The monoisotopic (exact) mass is 286 g/mol. The summed E-state index contributed by atoms with van der Waals surface area (Å²) in [5, 5.41) is 12.0. The first-order valence-corrected chi connectivity index (χ1v) is 6.78. The van der Waals surface area contributed by atoms with Gasteiger partial charge in [0.2, 0.25) is 5.91 Å². The van der Waals surface area contributed by atoms with E-state index in [1.807, 2.05) is 31.2 Å². The molecule has 0 aliphatic rings. The lowest BCUT2D eigenvalue weighted by molar-refractivity contribution is -0.115. The molecule has 110 valence electrons. The summed E-state index contributed by atoms with van der Waals surface area (Å²) in [6, 6.07) is 9.08. The third-order valence-electron chi connectivity index (χ3n) is 2.95. The molecule has 2 N–H and O–H groups in total. The average molecular weight is 286 g/mol. The van der Waals surface area contributed by atoms with Crippen molar-refractivity contribution >= 4 is 11.6 Å². The SMILES string of the molecule is CCOc1ccc(CC(=O)Nc2cnccc2CO)cc1. The van der Waals surface area contributed by atoms with Gasteiger partial charge in [0.1, 0.15) is 5.75 Å². The molecule has 1 heterocycles. The molecule has 0 radical (unpaired) electrons. The molecule has 0 spiro atoms. The number of pyridine rings is 1. The molecule has 0 saturated carbocycles. The van der Waals surface area contributed by atoms with Gasteiger partial charge in [-0.05, 0) is 30.7 Å². The number of nitrogens with one attached hydrogen (secondary N) is 1. The molecule has 0 aliphatic heterocycles. The molecule has 0 atom stereocenters. The smallest absolute Gasteiger partial charge is 0.228 e. The molecule has 5 nitrogen and oxygen atoms in total. The molecule has 0 saturated heterocycles. The van der Waals surface area contributed by atoms with Gasteiger partial charge in [0, 0.05) is 11.8 Å². The first kappa shape index (κ1) is 15.0. The number of aliphatic hydroxyl groups is 1. The highest BCUT2D eigenvalue weighted by atomic mass is 16.5. The number of aromatic nitrogens is 1. The summed E-state index contributed by atoms with van der Waals surface area (Å²) >= 11 is 0. The van der Waals surface area contributed by atoms with Gasteiger partial charge in [-0.15, -0.1) is 0 Å². The van der Waals surface area contributed by atoms with E-state index < -0.39 is 0 Å². The maximum atomic E-state index is 12.0. The normalized spacial score (nSPS) is 10.2. The van der Waals surface area contributed by atoms with E-state index in [0.29, 0.717) is 17.9 Å². The van der Waals surface area contributed by atoms with E-state index in [4.69, 9.17) is 4.74 Å². The molecule has 2 rings (SSSR count). The van der Waals surface area contributed by atoms with Crippen molar-refractivity contribution in [1.29, 1.82) is 0 Å². The lowest BCUT2D eigenvalue weighted by Crippen LogP contribution is -2.15. The van der Waals surface area contributed by atoms with E-state index in [9.17, 15) is 9.90 Å². The summed E-state index contributed by atoms with van der Waals surface area (Å²) in [5.74, 6) is 0.637. The van der Waals surface area contributed by atoms with Gasteiger partial charge < -0.3 is 15.2 Å². The van der Waals surface area contributed by atoms with Gasteiger partial charge in [-0.2, -0.15) is 0 Å². The topological polar surface area (TPSA) is 71.5 Å². The number of nitrogens with zero attached hydrogens (tertiary/aromatic N) is 1. The zero-order valence-electron chi connectivity index (χ0n) is 11.9. The second-order valence-electron chi connectivity index (χ2n) is 4.49. The molecule has 1 aromatic heterocycles. The average Bonchev–Trinajstić information content (AvgIpc) is 2.50. The highest BCUT2D eigenvalue weighted by Gasteiger charge is 2.07. The molecule has 0 fully saturated rings. The van der Waals surface area contributed by atoms with Crippen molar-refractivity contribution in [2.75, 3.05) is 11.9 Å². The van der Waals surface area contributed by atoms with Crippen LogP contribution in [0.2, 0.25) is 0 Å². The molecular weight excluding hydrogens is 268 g/mol. The summed E-state index contributed by atoms with van der Waals surface area (Å²) in [6.45, 7) is 2.40. The van der Waals surface area contributed by atoms with Gasteiger partial charge in [0.25, 0.3) is 0 Å². The Morgan fingerprint density at radius 1 is 1.29 bits per heavy atom. The molecule has 5 heteroatoms. The van der Waals surface area contributed by atoms with Crippen LogP contribution in [0, 0.1) is 0 Å². The Labute approximate surface area is 123 Å². The summed E-state index contributed by atoms with van der Waals surface area (Å²) in [6.07, 6.45) is 3.36. The van der Waals surface area contributed by atoms with Crippen LogP contribution in [0.4, 0.5) is 5.69 Å². The summed E-state index contributed by atoms with van der Waals surface area (Å²) in [7, 11) is 0. The van der Waals surface area contributed by atoms with E-state index in [1.165, 1.54) is 6.20 Å². The standard InChI is InChI=1S/C16H18N2O3/c1-2-21-14-5-3-12(4-6-14)9-16(20)18-15-10-17-8-7-13(15)11-19/h3-8,10,19H,2,9,11H2,1H3,(H,18,20). The quantitative estimate of drug-likeness (QED) is 0.853. The van der Waals surface area contributed by atoms with Crippen LogP contribution < -0.4 is 10.1 Å². The third-order valence-corrected chi connectivity index (χ3v) is 2.95. The molecule has 0 unspecified atom stereocenters. The van der Waals surface area contributed by atoms with Crippen molar-refractivity contribution in [3.8, 4) is 5.75 Å². The van der Waals surface area contributed by atoms with Crippen LogP contribution in [0.5, 0.6) is 5.75 Å². The first-order valence-electron chi connectivity index (χ1n) is 6.78. The second kappa shape index (κ2) is 7.40. The molecule has 1 amide bonds. The van der Waals surface area contributed by atoms with Crippen molar-refractivity contribution in [2.24, 2.45) is 0 Å². The van der Waals surface area contributed by atoms with E-state index >= 15 is 0 Å². The number of carbonyl (C=O) groups is 1. The fourth-order valence-electron chi connectivity index (χ4n) is 1.92. The lowest BCUT2D eigenvalue weighted by Gasteiger charge is -2.09. The van der Waals surface area contributed by atoms with Crippen LogP contribution in [0.25, 0.3) is 0 Å². The summed E-state index contributed by atoms with van der Waals surface area (Å²) in [4.78, 5) is 16.0. The minimum Gasteiger partial charge on any atom is -0.494 e. The minimum absolute atomic E-state index is 0.138. The Balaban J connectivity index is 1.98. The minimum atomic E-state index is -0.151. The Bertz CT molecular complexity index is 597. The number of carbonyl (C=O) groups excluding carboxylic acids is 1. The zero-order valence-corrected chi connectivity index (χ0v) is 11.9. The number of benzene rings is 1. The largest absolute Gasteiger partial charge is 0.494 e. The number of hydrogen-bond acceptors (Lipinski definition) is 4. The number of hydrogen-bond donors (Lipinski definition) is 2. The second-order valence-corrected chi connectivity index (χ2v) is 4.49. The predicted molar refractivity (Wildman–Crippen MR) is 80.1 cm³/mol. The van der Waals surface area contributed by atoms with Crippen molar-refractivity contribution in [3.05, 3.63) is 53.9 Å². The number of ether oxygens (including phenoxy) is 1. The van der Waals surface area contributed by atoms with Crippen molar-refractivity contribution in [2.45, 2.75) is 20.0 Å². The lowest BCUT2D eigenvalue weighted by atomic mass is 10.1. The highest BCUT2D eigenvalue weighted by molar-refractivity contribution is 5.92. The number of anilines is 1. The fourth-order valence-corrected chi connectivity index (χ4v) is 1.92. The van der Waals surface area contributed by atoms with Crippen LogP contribution >= 0.6 is 0 Å². The van der Waals surface area contributed by atoms with Crippen molar-refractivity contribution in [3.63, 3.8) is 0 Å². The first-order chi connectivity index (χ1) is 10.2. The van der Waals surface area contributed by atoms with Crippen molar-refractivity contribution in [1.82, 2.24) is 4.98 Å². The van der Waals surface area contributed by atoms with Crippen LogP contribution in [0.3, 0.4) is 0 Å². The van der Waals surface area contributed by atoms with Crippen molar-refractivity contribution < 1.29 is 14.6 Å². The van der Waals surface area contributed by atoms with Gasteiger partial charge in [-0.3, -0.25) is 9.78 Å². The Kier molecular flexibility index (Phi) is 5.29. The van der Waals surface area contributed by atoms with E-state index in [0.717, 1.165) is 11.3 Å². The van der Waals surface area contributed by atoms with Gasteiger partial charge >= 0.3 is 0 Å². The number of amides is 1. The molecule has 2 aromatic rings. The maximum absolute atomic E-state index is 12.0. The molecule has 0 aliphatic carbocycles. The van der Waals surface area contributed by atoms with E-state index in [-0.39, 0.29) is 18.9 Å². The zero-order chi connectivity index (χ0) is 15.1. The molecular formula is C16H18N2O3. The molecule has 1 aromatic carbocycles. The number of rotatable bonds is 6. The number of aliphatic hydroxyl groups excluding tert-OH is 1. The Hall–Kier alpha value is -2.40. The molecule has 21 heavy (non-hydrogen) atoms. The molecule has 0 bridgehead atoms. The van der Waals surface area contributed by atoms with Crippen LogP contribution in [-0.4, -0.2) is 22.6 Å². The van der Waals surface area contributed by atoms with Crippen LogP contribution in [0.15, 0.2) is 42.7 Å². The predicted octanol–water partition coefficient (Wildman–Crippen LogP) is 2.15. The Morgan fingerprint density at radius 3 is 2.71 bits per heavy atom. The van der Waals surface area contributed by atoms with Crippen LogP contribution in [0.1, 0.15) is 18.1 Å². The Morgan fingerprint density at radius 2 is 2.05 bits per heavy atom. The maximum Gasteiger partial charge on any atom is 0.228 e. The van der Waals surface area contributed by atoms with E-state index in [1.54, 1.807) is 12.3 Å². The van der Waals surface area contributed by atoms with Gasteiger partial charge in [-0.1, -0.05) is 12.1 Å². The summed E-state index contributed by atoms with van der Waals surface area (Å²) < 4.78 is 5.36. The van der Waals surface area contributed by atoms with Gasteiger partial charge in [0.15, 0.2) is 0 Å². The van der Waals surface area contributed by atoms with Crippen LogP contribution in [-0.2, 0) is 17.8 Å². The fraction of sp³-hybridized carbons (Fsp3) is 0.250. The van der Waals surface area contributed by atoms with Gasteiger partial charge in [0.05, 0.1) is 31.5 Å².